The average molecular weight is 368 g/mol. The fourth-order valence-corrected chi connectivity index (χ4v) is 3.04. The molecular weight excluding hydrogens is 344 g/mol. The third-order valence-corrected chi connectivity index (χ3v) is 4.44. The Balaban J connectivity index is 1.45. The van der Waals surface area contributed by atoms with E-state index in [9.17, 15) is 9.59 Å². The Bertz CT molecular complexity index is 783. The summed E-state index contributed by atoms with van der Waals surface area (Å²) in [6.07, 6.45) is 0.383. The van der Waals surface area contributed by atoms with Crippen molar-refractivity contribution in [1.29, 1.82) is 0 Å². The summed E-state index contributed by atoms with van der Waals surface area (Å²) in [5.74, 6) is 0.888. The first-order chi connectivity index (χ1) is 13.0. The number of nitrogens with two attached hydrogens (primary N) is 1. The summed E-state index contributed by atoms with van der Waals surface area (Å²) in [5.41, 5.74) is 7.27. The molecule has 0 saturated carbocycles. The molecule has 8 heteroatoms. The number of nitrogens with zero attached hydrogens (tertiary/aromatic N) is 4. The van der Waals surface area contributed by atoms with Gasteiger partial charge < -0.3 is 20.9 Å². The number of nitrogen functional groups attached to an aromatic ring is 1. The van der Waals surface area contributed by atoms with Crippen molar-refractivity contribution in [3.63, 3.8) is 0 Å². The minimum absolute atomic E-state index is 0.00348. The second-order valence-electron chi connectivity index (χ2n) is 6.51. The van der Waals surface area contributed by atoms with E-state index < -0.39 is 0 Å². The second-order valence-corrected chi connectivity index (χ2v) is 6.51. The Morgan fingerprint density at radius 3 is 2.44 bits per heavy atom. The molecule has 3 N–H and O–H groups in total. The Labute approximate surface area is 158 Å². The van der Waals surface area contributed by atoms with Crippen LogP contribution in [0.1, 0.15) is 18.5 Å². The molecule has 1 aliphatic heterocycles. The number of carbonyl (C=O) groups is 2. The Morgan fingerprint density at radius 1 is 1.07 bits per heavy atom. The number of aryl methyl sites for hydroxylation is 1. The van der Waals surface area contributed by atoms with E-state index in [4.69, 9.17) is 5.73 Å². The Kier molecular flexibility index (Phi) is 5.85. The van der Waals surface area contributed by atoms with Gasteiger partial charge in [0.2, 0.25) is 17.8 Å². The Hall–Kier alpha value is -3.16. The van der Waals surface area contributed by atoms with E-state index in [-0.39, 0.29) is 30.6 Å². The highest BCUT2D eigenvalue weighted by atomic mass is 16.2. The highest BCUT2D eigenvalue weighted by molar-refractivity contribution is 5.93. The van der Waals surface area contributed by atoms with Crippen LogP contribution in [0.15, 0.2) is 36.4 Å². The SMILES string of the molecule is Cc1cc(N2CCN(C(=O)CCC(=O)Nc3ccccc3)CC2)nc(N)n1. The van der Waals surface area contributed by atoms with Gasteiger partial charge in [-0.15, -0.1) is 0 Å². The summed E-state index contributed by atoms with van der Waals surface area (Å²) in [7, 11) is 0. The van der Waals surface area contributed by atoms with E-state index in [1.54, 1.807) is 4.90 Å². The lowest BCUT2D eigenvalue weighted by molar-refractivity contribution is -0.133. The zero-order chi connectivity index (χ0) is 19.2. The van der Waals surface area contributed by atoms with Gasteiger partial charge in [-0.2, -0.15) is 4.98 Å². The van der Waals surface area contributed by atoms with Gasteiger partial charge in [0.25, 0.3) is 0 Å². The number of aromatic nitrogens is 2. The standard InChI is InChI=1S/C19H24N6O2/c1-14-13-16(23-19(20)21-14)24-9-11-25(12-10-24)18(27)8-7-17(26)22-15-5-3-2-4-6-15/h2-6,13H,7-12H2,1H3,(H,22,26)(H2,20,21,23). The van der Waals surface area contributed by atoms with E-state index in [1.165, 1.54) is 0 Å². The van der Waals surface area contributed by atoms with Gasteiger partial charge in [-0.3, -0.25) is 9.59 Å². The lowest BCUT2D eigenvalue weighted by atomic mass is 10.2. The van der Waals surface area contributed by atoms with Crippen molar-refractivity contribution in [3.05, 3.63) is 42.1 Å². The lowest BCUT2D eigenvalue weighted by Crippen LogP contribution is -2.49. The number of hydrogen-bond donors (Lipinski definition) is 2. The van der Waals surface area contributed by atoms with Crippen LogP contribution in [0, 0.1) is 6.92 Å². The summed E-state index contributed by atoms with van der Waals surface area (Å²) in [6.45, 7) is 4.43. The molecule has 2 heterocycles. The van der Waals surface area contributed by atoms with Gasteiger partial charge in [-0.05, 0) is 19.1 Å². The molecule has 8 nitrogen and oxygen atoms in total. The molecule has 1 saturated heterocycles. The van der Waals surface area contributed by atoms with Crippen LogP contribution in [0.5, 0.6) is 0 Å². The molecule has 0 aliphatic carbocycles. The van der Waals surface area contributed by atoms with Gasteiger partial charge in [-0.1, -0.05) is 18.2 Å². The van der Waals surface area contributed by atoms with Crippen molar-refractivity contribution in [3.8, 4) is 0 Å². The number of benzene rings is 1. The third kappa shape index (κ3) is 5.16. The number of piperazine rings is 1. The minimum Gasteiger partial charge on any atom is -0.368 e. The van der Waals surface area contributed by atoms with Crippen LogP contribution in [-0.2, 0) is 9.59 Å². The number of rotatable bonds is 5. The van der Waals surface area contributed by atoms with Crippen LogP contribution in [0.2, 0.25) is 0 Å². The number of amides is 2. The summed E-state index contributed by atoms with van der Waals surface area (Å²) in [4.78, 5) is 36.6. The maximum absolute atomic E-state index is 12.4. The largest absolute Gasteiger partial charge is 0.368 e. The van der Waals surface area contributed by atoms with E-state index in [0.29, 0.717) is 26.2 Å². The first kappa shape index (κ1) is 18.6. The number of para-hydroxylation sites is 1. The third-order valence-electron chi connectivity index (χ3n) is 4.44. The maximum Gasteiger partial charge on any atom is 0.224 e. The first-order valence-electron chi connectivity index (χ1n) is 9.00. The molecule has 27 heavy (non-hydrogen) atoms. The van der Waals surface area contributed by atoms with E-state index in [0.717, 1.165) is 17.2 Å². The normalized spacial score (nSPS) is 14.1. The Morgan fingerprint density at radius 2 is 1.78 bits per heavy atom. The fourth-order valence-electron chi connectivity index (χ4n) is 3.04. The van der Waals surface area contributed by atoms with Crippen molar-refractivity contribution in [1.82, 2.24) is 14.9 Å². The summed E-state index contributed by atoms with van der Waals surface area (Å²) < 4.78 is 0. The summed E-state index contributed by atoms with van der Waals surface area (Å²) in [6, 6.07) is 11.1. The molecule has 0 atom stereocenters. The molecule has 1 fully saturated rings. The molecule has 0 radical (unpaired) electrons. The fraction of sp³-hybridized carbons (Fsp3) is 0.368. The number of anilines is 3. The highest BCUT2D eigenvalue weighted by Gasteiger charge is 2.22. The van der Waals surface area contributed by atoms with Crippen molar-refractivity contribution in [2.45, 2.75) is 19.8 Å². The molecule has 142 valence electrons. The van der Waals surface area contributed by atoms with Gasteiger partial charge in [0.1, 0.15) is 5.82 Å². The van der Waals surface area contributed by atoms with Crippen LogP contribution < -0.4 is 16.0 Å². The molecular formula is C19H24N6O2. The molecule has 1 aromatic carbocycles. The second kappa shape index (κ2) is 8.48. The monoisotopic (exact) mass is 368 g/mol. The first-order valence-corrected chi connectivity index (χ1v) is 9.00. The average Bonchev–Trinajstić information content (AvgIpc) is 2.66. The molecule has 1 aliphatic rings. The molecule has 0 unspecified atom stereocenters. The van der Waals surface area contributed by atoms with Crippen molar-refractivity contribution in [2.75, 3.05) is 42.1 Å². The van der Waals surface area contributed by atoms with Gasteiger partial charge in [0.05, 0.1) is 0 Å². The lowest BCUT2D eigenvalue weighted by Gasteiger charge is -2.35. The zero-order valence-corrected chi connectivity index (χ0v) is 15.4. The van der Waals surface area contributed by atoms with E-state index >= 15 is 0 Å². The molecule has 1 aromatic heterocycles. The van der Waals surface area contributed by atoms with Crippen LogP contribution in [-0.4, -0.2) is 52.9 Å². The van der Waals surface area contributed by atoms with Crippen LogP contribution in [0.4, 0.5) is 17.5 Å². The van der Waals surface area contributed by atoms with Crippen molar-refractivity contribution < 1.29 is 9.59 Å². The molecule has 2 amide bonds. The predicted octanol–water partition coefficient (Wildman–Crippen LogP) is 1.43. The predicted molar refractivity (Wildman–Crippen MR) is 104 cm³/mol. The van der Waals surface area contributed by atoms with Crippen LogP contribution in [0.25, 0.3) is 0 Å². The van der Waals surface area contributed by atoms with Gasteiger partial charge in [0, 0.05) is 56.5 Å². The van der Waals surface area contributed by atoms with E-state index in [2.05, 4.69) is 20.2 Å². The van der Waals surface area contributed by atoms with Crippen LogP contribution in [0.3, 0.4) is 0 Å². The van der Waals surface area contributed by atoms with E-state index in [1.807, 2.05) is 43.3 Å². The molecule has 2 aromatic rings. The molecule has 0 bridgehead atoms. The minimum atomic E-state index is -0.153. The van der Waals surface area contributed by atoms with Gasteiger partial charge in [-0.25, -0.2) is 4.98 Å². The van der Waals surface area contributed by atoms with Crippen molar-refractivity contribution in [2.24, 2.45) is 0 Å². The zero-order valence-electron chi connectivity index (χ0n) is 15.4. The van der Waals surface area contributed by atoms with Crippen LogP contribution >= 0.6 is 0 Å². The van der Waals surface area contributed by atoms with Gasteiger partial charge >= 0.3 is 0 Å². The quantitative estimate of drug-likeness (QED) is 0.827. The summed E-state index contributed by atoms with van der Waals surface area (Å²) in [5, 5.41) is 2.80. The smallest absolute Gasteiger partial charge is 0.224 e. The number of carbonyl (C=O) groups excluding carboxylic acids is 2. The topological polar surface area (TPSA) is 104 Å². The molecule has 3 rings (SSSR count). The number of hydrogen-bond acceptors (Lipinski definition) is 6. The summed E-state index contributed by atoms with van der Waals surface area (Å²) >= 11 is 0. The highest BCUT2D eigenvalue weighted by Crippen LogP contribution is 2.16. The van der Waals surface area contributed by atoms with Gasteiger partial charge in [0.15, 0.2) is 0 Å². The number of nitrogens with one attached hydrogen (secondary N) is 1. The maximum atomic E-state index is 12.4. The molecule has 0 spiro atoms. The van der Waals surface area contributed by atoms with Crippen molar-refractivity contribution >= 4 is 29.3 Å².